The number of ether oxygens (including phenoxy) is 1. The molecule has 1 heterocycles. The van der Waals surface area contributed by atoms with Crippen LogP contribution in [0.5, 0.6) is 0 Å². The van der Waals surface area contributed by atoms with E-state index in [1.807, 2.05) is 0 Å². The highest BCUT2D eigenvalue weighted by molar-refractivity contribution is 7.89. The highest BCUT2D eigenvalue weighted by Gasteiger charge is 2.26. The number of carbonyl (C=O) groups excluding carboxylic acids is 2. The van der Waals surface area contributed by atoms with Crippen LogP contribution in [-0.2, 0) is 31.9 Å². The average Bonchev–Trinajstić information content (AvgIpc) is 2.61. The maximum Gasteiger partial charge on any atom is 0.339 e. The zero-order valence-corrected chi connectivity index (χ0v) is 9.36. The van der Waals surface area contributed by atoms with Crippen molar-refractivity contribution >= 4 is 22.1 Å². The number of hydrogen-bond donors (Lipinski definition) is 0. The van der Waals surface area contributed by atoms with Crippen molar-refractivity contribution in [3.8, 4) is 0 Å². The molecule has 0 N–H and O–H groups in total. The van der Waals surface area contributed by atoms with E-state index in [1.165, 1.54) is 6.07 Å². The molecule has 0 aromatic heterocycles. The Morgan fingerprint density at radius 2 is 2.18 bits per heavy atom. The number of benzene rings is 1. The molecule has 0 aliphatic carbocycles. The van der Waals surface area contributed by atoms with Gasteiger partial charge in [-0.1, -0.05) is 22.6 Å². The van der Waals surface area contributed by atoms with Gasteiger partial charge in [-0.05, 0) is 5.56 Å². The zero-order valence-electron chi connectivity index (χ0n) is 8.54. The Bertz CT molecular complexity index is 628. The van der Waals surface area contributed by atoms with Crippen LogP contribution in [-0.4, -0.2) is 20.5 Å². The van der Waals surface area contributed by atoms with E-state index in [2.05, 4.69) is 4.40 Å². The molecule has 88 valence electrons. The molecule has 0 radical (unpaired) electrons. The zero-order chi connectivity index (χ0) is 12.5. The summed E-state index contributed by atoms with van der Waals surface area (Å²) in [4.78, 5) is 21.4. The van der Waals surface area contributed by atoms with Gasteiger partial charge >= 0.3 is 5.97 Å². The molecule has 6 nitrogen and oxygen atoms in total. The highest BCUT2D eigenvalue weighted by Crippen LogP contribution is 2.25. The third-order valence-corrected chi connectivity index (χ3v) is 3.34. The summed E-state index contributed by atoms with van der Waals surface area (Å²) in [5, 5.41) is 0. The predicted octanol–water partition coefficient (Wildman–Crippen LogP) is 0.523. The SMILES string of the molecule is O=C=NS(=O)(=O)Cc1cccc2c1C(=O)OC2. The van der Waals surface area contributed by atoms with Crippen LogP contribution in [0.15, 0.2) is 22.6 Å². The molecule has 17 heavy (non-hydrogen) atoms. The summed E-state index contributed by atoms with van der Waals surface area (Å²) in [7, 11) is -3.94. The van der Waals surface area contributed by atoms with E-state index in [1.54, 1.807) is 12.1 Å². The van der Waals surface area contributed by atoms with Crippen molar-refractivity contribution in [3.05, 3.63) is 34.9 Å². The van der Waals surface area contributed by atoms with E-state index < -0.39 is 21.7 Å². The molecule has 0 amide bonds. The minimum Gasteiger partial charge on any atom is -0.457 e. The second-order valence-electron chi connectivity index (χ2n) is 3.44. The molecule has 1 aromatic carbocycles. The quantitative estimate of drug-likeness (QED) is 0.445. The lowest BCUT2D eigenvalue weighted by atomic mass is 10.0. The molecule has 0 atom stereocenters. The van der Waals surface area contributed by atoms with Crippen LogP contribution in [0, 0.1) is 0 Å². The highest BCUT2D eigenvalue weighted by atomic mass is 32.2. The van der Waals surface area contributed by atoms with Crippen molar-refractivity contribution in [1.29, 1.82) is 0 Å². The monoisotopic (exact) mass is 253 g/mol. The number of sulfonamides is 1. The van der Waals surface area contributed by atoms with Gasteiger partial charge in [0.1, 0.15) is 6.61 Å². The Morgan fingerprint density at radius 1 is 1.41 bits per heavy atom. The fourth-order valence-electron chi connectivity index (χ4n) is 1.66. The smallest absolute Gasteiger partial charge is 0.339 e. The molecule has 1 aromatic rings. The second-order valence-corrected chi connectivity index (χ2v) is 5.07. The molecule has 0 spiro atoms. The number of nitrogens with zero attached hydrogens (tertiary/aromatic N) is 1. The number of isocyanates is 1. The van der Waals surface area contributed by atoms with Crippen LogP contribution in [0.4, 0.5) is 0 Å². The van der Waals surface area contributed by atoms with Gasteiger partial charge in [-0.25, -0.2) is 18.0 Å². The topological polar surface area (TPSA) is 89.9 Å². The van der Waals surface area contributed by atoms with Gasteiger partial charge in [-0.2, -0.15) is 0 Å². The van der Waals surface area contributed by atoms with Crippen LogP contribution in [0.25, 0.3) is 0 Å². The van der Waals surface area contributed by atoms with E-state index in [0.29, 0.717) is 5.56 Å². The van der Waals surface area contributed by atoms with Gasteiger partial charge in [0.05, 0.1) is 11.3 Å². The Hall–Kier alpha value is -1.98. The van der Waals surface area contributed by atoms with Crippen LogP contribution >= 0.6 is 0 Å². The molecular weight excluding hydrogens is 246 g/mol. The summed E-state index contributed by atoms with van der Waals surface area (Å²) in [6.07, 6.45) is 0.978. The molecule has 1 aliphatic rings. The molecule has 0 fully saturated rings. The van der Waals surface area contributed by atoms with Crippen molar-refractivity contribution in [2.24, 2.45) is 4.40 Å². The Labute approximate surface area is 97.0 Å². The standard InChI is InChI=1S/C10H7NO5S/c12-6-11-17(14,15)5-8-3-1-2-7-4-16-10(13)9(7)8/h1-3H,4-5H2. The first-order valence-corrected chi connectivity index (χ1v) is 6.24. The van der Waals surface area contributed by atoms with Crippen molar-refractivity contribution < 1.29 is 22.7 Å². The molecule has 2 rings (SSSR count). The minimum atomic E-state index is -3.94. The average molecular weight is 253 g/mol. The Kier molecular flexibility index (Phi) is 2.79. The summed E-state index contributed by atoms with van der Waals surface area (Å²) < 4.78 is 30.2. The van der Waals surface area contributed by atoms with Gasteiger partial charge in [0, 0.05) is 5.56 Å². The molecule has 0 saturated heterocycles. The third-order valence-electron chi connectivity index (χ3n) is 2.31. The number of fused-ring (bicyclic) bond motifs is 1. The van der Waals surface area contributed by atoms with Gasteiger partial charge < -0.3 is 4.74 Å². The third kappa shape index (κ3) is 2.25. The summed E-state index contributed by atoms with van der Waals surface area (Å²) in [6.45, 7) is 0.138. The number of carbonyl (C=O) groups is 1. The molecule has 0 bridgehead atoms. The summed E-state index contributed by atoms with van der Waals surface area (Å²) in [5.41, 5.74) is 1.17. The van der Waals surface area contributed by atoms with Crippen molar-refractivity contribution in [2.75, 3.05) is 0 Å². The first-order chi connectivity index (χ1) is 8.03. The maximum atomic E-state index is 11.4. The second kappa shape index (κ2) is 4.12. The Balaban J connectivity index is 2.46. The predicted molar refractivity (Wildman–Crippen MR) is 56.3 cm³/mol. The number of rotatable bonds is 3. The van der Waals surface area contributed by atoms with Gasteiger partial charge in [0.25, 0.3) is 16.1 Å². The molecule has 0 unspecified atom stereocenters. The Morgan fingerprint density at radius 3 is 2.88 bits per heavy atom. The lowest BCUT2D eigenvalue weighted by Gasteiger charge is -2.02. The maximum absolute atomic E-state index is 11.4. The van der Waals surface area contributed by atoms with E-state index in [0.717, 1.165) is 6.08 Å². The fraction of sp³-hybridized carbons (Fsp3) is 0.200. The summed E-state index contributed by atoms with van der Waals surface area (Å²) >= 11 is 0. The fourth-order valence-corrected chi connectivity index (χ4v) is 2.47. The number of esters is 1. The number of cyclic esters (lactones) is 1. The van der Waals surface area contributed by atoms with Crippen molar-refractivity contribution in [1.82, 2.24) is 0 Å². The normalized spacial score (nSPS) is 13.8. The van der Waals surface area contributed by atoms with E-state index in [-0.39, 0.29) is 17.7 Å². The molecule has 7 heteroatoms. The molecule has 1 aliphatic heterocycles. The van der Waals surface area contributed by atoms with E-state index in [9.17, 15) is 18.0 Å². The molecular formula is C10H7NO5S. The van der Waals surface area contributed by atoms with Gasteiger partial charge in [0.2, 0.25) is 0 Å². The molecule has 0 saturated carbocycles. The van der Waals surface area contributed by atoms with Crippen molar-refractivity contribution in [2.45, 2.75) is 12.4 Å². The lowest BCUT2D eigenvalue weighted by molar-refractivity contribution is 0.0534. The van der Waals surface area contributed by atoms with E-state index in [4.69, 9.17) is 4.74 Å². The van der Waals surface area contributed by atoms with Crippen LogP contribution < -0.4 is 0 Å². The summed E-state index contributed by atoms with van der Waals surface area (Å²) in [6, 6.07) is 4.79. The van der Waals surface area contributed by atoms with Gasteiger partial charge in [-0.15, -0.1) is 0 Å². The van der Waals surface area contributed by atoms with Gasteiger partial charge in [-0.3, -0.25) is 0 Å². The first-order valence-electron chi connectivity index (χ1n) is 4.63. The largest absolute Gasteiger partial charge is 0.457 e. The summed E-state index contributed by atoms with van der Waals surface area (Å²) in [5.74, 6) is -1.07. The minimum absolute atomic E-state index is 0.138. The number of hydrogen-bond acceptors (Lipinski definition) is 5. The van der Waals surface area contributed by atoms with E-state index >= 15 is 0 Å². The van der Waals surface area contributed by atoms with Crippen LogP contribution in [0.2, 0.25) is 0 Å². The van der Waals surface area contributed by atoms with Crippen molar-refractivity contribution in [3.63, 3.8) is 0 Å². The van der Waals surface area contributed by atoms with Crippen LogP contribution in [0.1, 0.15) is 21.5 Å². The first kappa shape index (κ1) is 11.5. The lowest BCUT2D eigenvalue weighted by Crippen LogP contribution is -2.06. The van der Waals surface area contributed by atoms with Gasteiger partial charge in [0.15, 0.2) is 0 Å². The van der Waals surface area contributed by atoms with Crippen LogP contribution in [0.3, 0.4) is 0 Å².